The van der Waals surface area contributed by atoms with Gasteiger partial charge in [0.05, 0.1) is 0 Å². The number of hydrogen-bond acceptors (Lipinski definition) is 3. The Morgan fingerprint density at radius 2 is 2.00 bits per heavy atom. The summed E-state index contributed by atoms with van der Waals surface area (Å²) in [5.74, 6) is 0.165. The summed E-state index contributed by atoms with van der Waals surface area (Å²) in [6.07, 6.45) is 2.97. The summed E-state index contributed by atoms with van der Waals surface area (Å²) < 4.78 is 0. The van der Waals surface area contributed by atoms with Gasteiger partial charge >= 0.3 is 0 Å². The van der Waals surface area contributed by atoms with Gasteiger partial charge in [-0.05, 0) is 19.3 Å². The smallest absolute Gasteiger partial charge is 0.222 e. The molecule has 1 aliphatic carbocycles. The molecule has 0 bridgehead atoms. The number of amides is 1. The summed E-state index contributed by atoms with van der Waals surface area (Å²) in [6.45, 7) is 5.39. The Hall–Kier alpha value is -0.510. The van der Waals surface area contributed by atoms with E-state index in [2.05, 4.69) is 5.32 Å². The second kappa shape index (κ2) is 5.54. The lowest BCUT2D eigenvalue weighted by atomic mass is 10.2. The number of thioether (sulfide) groups is 1. The van der Waals surface area contributed by atoms with Gasteiger partial charge in [-0.1, -0.05) is 25.6 Å². The number of hydrogen-bond donors (Lipinski definition) is 1. The highest BCUT2D eigenvalue weighted by atomic mass is 32.2. The minimum absolute atomic E-state index is 0.0458. The van der Waals surface area contributed by atoms with E-state index in [-0.39, 0.29) is 23.0 Å². The molecule has 0 radical (unpaired) electrons. The molecule has 0 aromatic heterocycles. The molecule has 1 fully saturated rings. The molecule has 1 amide bonds. The molecule has 1 saturated carbocycles. The van der Waals surface area contributed by atoms with E-state index in [9.17, 15) is 9.59 Å². The van der Waals surface area contributed by atoms with Gasteiger partial charge in [-0.2, -0.15) is 0 Å². The van der Waals surface area contributed by atoms with E-state index >= 15 is 0 Å². The molecule has 0 spiro atoms. The van der Waals surface area contributed by atoms with Crippen molar-refractivity contribution in [3.05, 3.63) is 0 Å². The van der Waals surface area contributed by atoms with E-state index in [0.29, 0.717) is 5.25 Å². The first-order valence-corrected chi connectivity index (χ1v) is 6.34. The Balaban J connectivity index is 2.30. The van der Waals surface area contributed by atoms with Crippen LogP contribution in [0.25, 0.3) is 0 Å². The van der Waals surface area contributed by atoms with E-state index in [1.807, 2.05) is 13.8 Å². The summed E-state index contributed by atoms with van der Waals surface area (Å²) in [4.78, 5) is 22.4. The summed E-state index contributed by atoms with van der Waals surface area (Å²) in [5, 5.41) is 3.60. The lowest BCUT2D eigenvalue weighted by molar-refractivity contribution is -0.124. The van der Waals surface area contributed by atoms with Crippen LogP contribution in [0.2, 0.25) is 0 Å². The fraction of sp³-hybridized carbons (Fsp3) is 0.818. The van der Waals surface area contributed by atoms with Crippen molar-refractivity contribution in [1.29, 1.82) is 0 Å². The first-order valence-electron chi connectivity index (χ1n) is 5.46. The molecule has 15 heavy (non-hydrogen) atoms. The molecule has 1 aliphatic rings. The fourth-order valence-electron chi connectivity index (χ4n) is 1.78. The number of nitrogens with one attached hydrogen (secondary N) is 1. The molecule has 86 valence electrons. The van der Waals surface area contributed by atoms with Gasteiger partial charge in [0, 0.05) is 24.1 Å². The van der Waals surface area contributed by atoms with Crippen molar-refractivity contribution in [3.63, 3.8) is 0 Å². The maximum atomic E-state index is 11.4. The minimum Gasteiger partial charge on any atom is -0.353 e. The SMILES string of the molecule is CC(=O)SC1CCC(NC(=O)C(C)C)C1. The molecule has 0 heterocycles. The van der Waals surface area contributed by atoms with Crippen LogP contribution in [0.5, 0.6) is 0 Å². The van der Waals surface area contributed by atoms with Crippen LogP contribution in [0.4, 0.5) is 0 Å². The van der Waals surface area contributed by atoms with Crippen molar-refractivity contribution in [1.82, 2.24) is 5.32 Å². The van der Waals surface area contributed by atoms with Crippen LogP contribution < -0.4 is 5.32 Å². The predicted molar refractivity (Wildman–Crippen MR) is 62.7 cm³/mol. The average Bonchev–Trinajstić information content (AvgIpc) is 2.51. The van der Waals surface area contributed by atoms with Crippen molar-refractivity contribution in [3.8, 4) is 0 Å². The Kier molecular flexibility index (Phi) is 4.64. The largest absolute Gasteiger partial charge is 0.353 e. The van der Waals surface area contributed by atoms with Gasteiger partial charge in [-0.25, -0.2) is 0 Å². The zero-order chi connectivity index (χ0) is 11.4. The minimum atomic E-state index is 0.0458. The van der Waals surface area contributed by atoms with Crippen LogP contribution >= 0.6 is 11.8 Å². The quantitative estimate of drug-likeness (QED) is 0.804. The zero-order valence-corrected chi connectivity index (χ0v) is 10.4. The van der Waals surface area contributed by atoms with E-state index in [4.69, 9.17) is 0 Å². The first kappa shape index (κ1) is 12.6. The van der Waals surface area contributed by atoms with Crippen LogP contribution in [0.1, 0.15) is 40.0 Å². The molecule has 1 N–H and O–H groups in total. The van der Waals surface area contributed by atoms with E-state index in [0.717, 1.165) is 19.3 Å². The highest BCUT2D eigenvalue weighted by Gasteiger charge is 2.27. The summed E-state index contributed by atoms with van der Waals surface area (Å²) in [7, 11) is 0. The summed E-state index contributed by atoms with van der Waals surface area (Å²) in [5.41, 5.74) is 0. The first-order chi connectivity index (χ1) is 6.99. The third-order valence-electron chi connectivity index (χ3n) is 2.59. The van der Waals surface area contributed by atoms with Crippen LogP contribution in [0.3, 0.4) is 0 Å². The lowest BCUT2D eigenvalue weighted by Gasteiger charge is -2.14. The average molecular weight is 229 g/mol. The highest BCUT2D eigenvalue weighted by Crippen LogP contribution is 2.30. The van der Waals surface area contributed by atoms with Crippen LogP contribution in [-0.4, -0.2) is 22.3 Å². The van der Waals surface area contributed by atoms with Gasteiger partial charge in [0.25, 0.3) is 0 Å². The Bertz CT molecular complexity index is 253. The molecule has 0 aromatic rings. The normalized spacial score (nSPS) is 25.6. The third kappa shape index (κ3) is 4.24. The molecule has 2 unspecified atom stereocenters. The van der Waals surface area contributed by atoms with Crippen LogP contribution in [0, 0.1) is 5.92 Å². The monoisotopic (exact) mass is 229 g/mol. The second-order valence-corrected chi connectivity index (χ2v) is 5.88. The highest BCUT2D eigenvalue weighted by molar-refractivity contribution is 8.14. The molecular weight excluding hydrogens is 210 g/mol. The molecule has 0 aromatic carbocycles. The topological polar surface area (TPSA) is 46.2 Å². The fourth-order valence-corrected chi connectivity index (χ4v) is 2.83. The molecule has 0 saturated heterocycles. The number of carbonyl (C=O) groups is 2. The predicted octanol–water partition coefficient (Wildman–Crippen LogP) is 1.96. The number of rotatable bonds is 3. The molecule has 0 aliphatic heterocycles. The maximum absolute atomic E-state index is 11.4. The zero-order valence-electron chi connectivity index (χ0n) is 9.58. The van der Waals surface area contributed by atoms with Crippen molar-refractivity contribution < 1.29 is 9.59 Å². The molecular formula is C11H19NO2S. The molecule has 4 heteroatoms. The Morgan fingerprint density at radius 1 is 1.33 bits per heavy atom. The summed E-state index contributed by atoms with van der Waals surface area (Å²) in [6, 6.07) is 0.275. The van der Waals surface area contributed by atoms with Crippen molar-refractivity contribution >= 4 is 22.8 Å². The van der Waals surface area contributed by atoms with Crippen molar-refractivity contribution in [2.75, 3.05) is 0 Å². The van der Waals surface area contributed by atoms with Gasteiger partial charge in [-0.3, -0.25) is 9.59 Å². The van der Waals surface area contributed by atoms with Gasteiger partial charge < -0.3 is 5.32 Å². The van der Waals surface area contributed by atoms with Gasteiger partial charge in [-0.15, -0.1) is 0 Å². The lowest BCUT2D eigenvalue weighted by Crippen LogP contribution is -2.35. The van der Waals surface area contributed by atoms with E-state index in [1.54, 1.807) is 6.92 Å². The van der Waals surface area contributed by atoms with Crippen molar-refractivity contribution in [2.24, 2.45) is 5.92 Å². The van der Waals surface area contributed by atoms with Gasteiger partial charge in [0.15, 0.2) is 5.12 Å². The number of carbonyl (C=O) groups excluding carboxylic acids is 2. The van der Waals surface area contributed by atoms with Crippen LogP contribution in [0.15, 0.2) is 0 Å². The van der Waals surface area contributed by atoms with Crippen molar-refractivity contribution in [2.45, 2.75) is 51.3 Å². The molecule has 3 nitrogen and oxygen atoms in total. The maximum Gasteiger partial charge on any atom is 0.222 e. The van der Waals surface area contributed by atoms with E-state index < -0.39 is 0 Å². The van der Waals surface area contributed by atoms with Gasteiger partial charge in [0.2, 0.25) is 5.91 Å². The third-order valence-corrected chi connectivity index (χ3v) is 3.68. The second-order valence-electron chi connectivity index (χ2n) is 4.40. The molecule has 2 atom stereocenters. The summed E-state index contributed by atoms with van der Waals surface area (Å²) >= 11 is 1.41. The standard InChI is InChI=1S/C11H19NO2S/c1-7(2)11(14)12-9-4-5-10(6-9)15-8(3)13/h7,9-10H,4-6H2,1-3H3,(H,12,14). The van der Waals surface area contributed by atoms with Gasteiger partial charge in [0.1, 0.15) is 0 Å². The van der Waals surface area contributed by atoms with E-state index in [1.165, 1.54) is 11.8 Å². The Labute approximate surface area is 95.4 Å². The van der Waals surface area contributed by atoms with Crippen LogP contribution in [-0.2, 0) is 9.59 Å². The Morgan fingerprint density at radius 3 is 2.53 bits per heavy atom. The molecule has 1 rings (SSSR count).